The van der Waals surface area contributed by atoms with E-state index >= 15 is 0 Å². The van der Waals surface area contributed by atoms with Crippen molar-refractivity contribution < 1.29 is 24.3 Å². The number of rotatable bonds is 5. The van der Waals surface area contributed by atoms with Crippen LogP contribution >= 0.6 is 22.9 Å². The molecule has 2 heterocycles. The highest BCUT2D eigenvalue weighted by Gasteiger charge is 2.31. The van der Waals surface area contributed by atoms with Crippen molar-refractivity contribution in [2.75, 3.05) is 17.2 Å². The maximum Gasteiger partial charge on any atom is 0.339 e. The second-order valence-corrected chi connectivity index (χ2v) is 9.19. The molecule has 2 aromatic carbocycles. The van der Waals surface area contributed by atoms with Gasteiger partial charge in [-0.15, -0.1) is 11.3 Å². The number of nitrogens with one attached hydrogen (secondary N) is 2. The van der Waals surface area contributed by atoms with E-state index in [1.165, 1.54) is 6.92 Å². The average molecular weight is 498 g/mol. The van der Waals surface area contributed by atoms with E-state index in [0.717, 1.165) is 11.3 Å². The maximum absolute atomic E-state index is 13.0. The molecule has 8 nitrogen and oxygen atoms in total. The fourth-order valence-corrected chi connectivity index (χ4v) is 5.26. The number of amides is 3. The topological polar surface area (TPSA) is 116 Å². The van der Waals surface area contributed by atoms with Crippen molar-refractivity contribution in [3.63, 3.8) is 0 Å². The first-order chi connectivity index (χ1) is 16.2. The lowest BCUT2D eigenvalue weighted by Crippen LogP contribution is -2.35. The summed E-state index contributed by atoms with van der Waals surface area (Å²) in [5.74, 6) is -2.04. The van der Waals surface area contributed by atoms with Gasteiger partial charge in [0.05, 0.1) is 22.7 Å². The van der Waals surface area contributed by atoms with Gasteiger partial charge in [0, 0.05) is 29.6 Å². The van der Waals surface area contributed by atoms with E-state index in [0.29, 0.717) is 34.7 Å². The molecule has 0 aliphatic carbocycles. The smallest absolute Gasteiger partial charge is 0.339 e. The van der Waals surface area contributed by atoms with Crippen LogP contribution in [0.5, 0.6) is 0 Å². The van der Waals surface area contributed by atoms with Gasteiger partial charge in [0.1, 0.15) is 5.00 Å². The van der Waals surface area contributed by atoms with Crippen LogP contribution in [0, 0.1) is 0 Å². The van der Waals surface area contributed by atoms with Crippen molar-refractivity contribution in [2.45, 2.75) is 19.9 Å². The summed E-state index contributed by atoms with van der Waals surface area (Å²) in [7, 11) is 0. The lowest BCUT2D eigenvalue weighted by molar-refractivity contribution is -0.114. The second-order valence-electron chi connectivity index (χ2n) is 7.68. The monoisotopic (exact) mass is 497 g/mol. The molecule has 0 saturated carbocycles. The van der Waals surface area contributed by atoms with Gasteiger partial charge in [0.15, 0.2) is 0 Å². The van der Waals surface area contributed by atoms with Crippen LogP contribution < -0.4 is 10.6 Å². The molecule has 0 bridgehead atoms. The second kappa shape index (κ2) is 9.66. The largest absolute Gasteiger partial charge is 0.478 e. The fraction of sp³-hybridized carbons (Fsp3) is 0.167. The molecule has 3 amide bonds. The van der Waals surface area contributed by atoms with Gasteiger partial charge in [-0.1, -0.05) is 23.7 Å². The Balaban J connectivity index is 1.55. The lowest BCUT2D eigenvalue weighted by Gasteiger charge is -2.27. The number of hydrogen-bond acceptors (Lipinski definition) is 5. The summed E-state index contributed by atoms with van der Waals surface area (Å²) in [6.45, 7) is 1.98. The van der Waals surface area contributed by atoms with E-state index in [1.54, 1.807) is 53.4 Å². The zero-order chi connectivity index (χ0) is 24.4. The molecular formula is C24H20ClN3O5S. The first kappa shape index (κ1) is 23.5. The van der Waals surface area contributed by atoms with Crippen LogP contribution in [0.15, 0.2) is 48.5 Å². The molecule has 1 aromatic heterocycles. The zero-order valence-corrected chi connectivity index (χ0v) is 19.6. The first-order valence-corrected chi connectivity index (χ1v) is 11.5. The number of thiophene rings is 1. The summed E-state index contributed by atoms with van der Waals surface area (Å²) < 4.78 is 0. The molecule has 0 unspecified atom stereocenters. The lowest BCUT2D eigenvalue weighted by atomic mass is 10.0. The van der Waals surface area contributed by atoms with Gasteiger partial charge in [-0.25, -0.2) is 4.79 Å². The minimum Gasteiger partial charge on any atom is -0.478 e. The Hall–Kier alpha value is -3.69. The van der Waals surface area contributed by atoms with Crippen LogP contribution in [0.4, 0.5) is 10.7 Å². The third-order valence-electron chi connectivity index (χ3n) is 5.36. The van der Waals surface area contributed by atoms with E-state index < -0.39 is 11.9 Å². The van der Waals surface area contributed by atoms with Crippen LogP contribution in [0.25, 0.3) is 0 Å². The van der Waals surface area contributed by atoms with E-state index in [1.807, 2.05) is 0 Å². The van der Waals surface area contributed by atoms with Gasteiger partial charge in [-0.3, -0.25) is 14.4 Å². The van der Waals surface area contributed by atoms with Crippen LogP contribution in [0.1, 0.15) is 48.4 Å². The molecular weight excluding hydrogens is 478 g/mol. The highest BCUT2D eigenvalue weighted by atomic mass is 35.5. The number of carboxylic acid groups (broad SMARTS) is 1. The number of nitrogens with zero attached hydrogens (tertiary/aromatic N) is 1. The standard InChI is InChI=1S/C24H20ClN3O5S/c1-13(29)26-15-8-6-14(7-9-15)23(31)28-11-10-17-19(12-28)34-22(20(17)24(32)33)27-21(30)16-4-2-3-5-18(16)25/h2-9H,10-12H2,1H3,(H,26,29)(H,27,30)(H,32,33). The normalized spacial score (nSPS) is 12.6. The van der Waals surface area contributed by atoms with E-state index in [2.05, 4.69) is 10.6 Å². The van der Waals surface area contributed by atoms with Gasteiger partial charge < -0.3 is 20.6 Å². The number of anilines is 2. The third kappa shape index (κ3) is 4.80. The number of carbonyl (C=O) groups is 4. The minimum atomic E-state index is -1.14. The molecule has 1 aliphatic heterocycles. The van der Waals surface area contributed by atoms with Crippen LogP contribution in [-0.4, -0.2) is 40.2 Å². The molecule has 4 rings (SSSR count). The molecule has 1 aliphatic rings. The van der Waals surface area contributed by atoms with Crippen molar-refractivity contribution in [3.05, 3.63) is 80.7 Å². The summed E-state index contributed by atoms with van der Waals surface area (Å²) in [4.78, 5) is 51.2. The minimum absolute atomic E-state index is 0.0483. The van der Waals surface area contributed by atoms with Gasteiger partial charge >= 0.3 is 5.97 Å². The van der Waals surface area contributed by atoms with Crippen molar-refractivity contribution in [3.8, 4) is 0 Å². The molecule has 0 spiro atoms. The van der Waals surface area contributed by atoms with Crippen molar-refractivity contribution in [2.24, 2.45) is 0 Å². The summed E-state index contributed by atoms with van der Waals surface area (Å²) in [5, 5.41) is 15.6. The SMILES string of the molecule is CC(=O)Nc1ccc(C(=O)N2CCc3c(sc(NC(=O)c4ccccc4Cl)c3C(=O)O)C2)cc1. The highest BCUT2D eigenvalue weighted by Crippen LogP contribution is 2.38. The predicted octanol–water partition coefficient (Wildman–Crippen LogP) is 4.51. The first-order valence-electron chi connectivity index (χ1n) is 10.3. The molecule has 3 aromatic rings. The number of benzene rings is 2. The Kier molecular flexibility index (Phi) is 6.67. The number of aromatic carboxylic acids is 1. The van der Waals surface area contributed by atoms with Crippen molar-refractivity contribution in [1.29, 1.82) is 0 Å². The third-order valence-corrected chi connectivity index (χ3v) is 6.82. The predicted molar refractivity (Wildman–Crippen MR) is 130 cm³/mol. The Bertz CT molecular complexity index is 1300. The summed E-state index contributed by atoms with van der Waals surface area (Å²) in [6.07, 6.45) is 0.352. The quantitative estimate of drug-likeness (QED) is 0.479. The van der Waals surface area contributed by atoms with Gasteiger partial charge in [0.2, 0.25) is 5.91 Å². The summed E-state index contributed by atoms with van der Waals surface area (Å²) in [5.41, 5.74) is 1.96. The highest BCUT2D eigenvalue weighted by molar-refractivity contribution is 7.17. The fourth-order valence-electron chi connectivity index (χ4n) is 3.79. The Morgan fingerprint density at radius 1 is 1.03 bits per heavy atom. The zero-order valence-electron chi connectivity index (χ0n) is 18.1. The number of carboxylic acids is 1. The molecule has 0 atom stereocenters. The number of hydrogen-bond donors (Lipinski definition) is 3. The summed E-state index contributed by atoms with van der Waals surface area (Å²) >= 11 is 7.24. The van der Waals surface area contributed by atoms with Crippen molar-refractivity contribution in [1.82, 2.24) is 4.90 Å². The van der Waals surface area contributed by atoms with Crippen LogP contribution in [0.2, 0.25) is 5.02 Å². The van der Waals surface area contributed by atoms with E-state index in [-0.39, 0.29) is 39.5 Å². The van der Waals surface area contributed by atoms with Gasteiger partial charge in [0.25, 0.3) is 11.8 Å². The van der Waals surface area contributed by atoms with E-state index in [4.69, 9.17) is 11.6 Å². The van der Waals surface area contributed by atoms with Gasteiger partial charge in [-0.05, 0) is 48.4 Å². The van der Waals surface area contributed by atoms with Crippen LogP contribution in [-0.2, 0) is 17.8 Å². The molecule has 10 heteroatoms. The Morgan fingerprint density at radius 2 is 1.74 bits per heavy atom. The molecule has 34 heavy (non-hydrogen) atoms. The Labute approximate surface area is 204 Å². The van der Waals surface area contributed by atoms with Crippen molar-refractivity contribution >= 4 is 57.3 Å². The Morgan fingerprint density at radius 3 is 2.38 bits per heavy atom. The molecule has 0 fully saturated rings. The molecule has 0 saturated heterocycles. The maximum atomic E-state index is 13.0. The van der Waals surface area contributed by atoms with Gasteiger partial charge in [-0.2, -0.15) is 0 Å². The summed E-state index contributed by atoms with van der Waals surface area (Å²) in [6, 6.07) is 13.1. The average Bonchev–Trinajstić information content (AvgIpc) is 3.16. The number of halogens is 1. The number of carbonyl (C=O) groups excluding carboxylic acids is 3. The molecule has 3 N–H and O–H groups in total. The molecule has 0 radical (unpaired) electrons. The van der Waals surface area contributed by atoms with E-state index in [9.17, 15) is 24.3 Å². The number of fused-ring (bicyclic) bond motifs is 1. The molecule has 174 valence electrons. The van der Waals surface area contributed by atoms with Crippen LogP contribution in [0.3, 0.4) is 0 Å².